The molecule has 0 aromatic heterocycles. The number of ketones is 1. The van der Waals surface area contributed by atoms with Crippen LogP contribution in [0.1, 0.15) is 34.8 Å². The highest BCUT2D eigenvalue weighted by Crippen LogP contribution is 2.26. The fraction of sp³-hybridized carbons (Fsp3) is 0.250. The summed E-state index contributed by atoms with van der Waals surface area (Å²) in [4.78, 5) is 35.9. The molecule has 2 rings (SSSR count). The molecule has 1 unspecified atom stereocenters. The van der Waals surface area contributed by atoms with Crippen molar-refractivity contribution in [1.82, 2.24) is 0 Å². The van der Waals surface area contributed by atoms with E-state index in [1.165, 1.54) is 19.1 Å². The summed E-state index contributed by atoms with van der Waals surface area (Å²) in [6, 6.07) is 11.6. The Morgan fingerprint density at radius 2 is 1.70 bits per heavy atom. The Morgan fingerprint density at radius 1 is 1.07 bits per heavy atom. The molecule has 0 aliphatic carbocycles. The number of nitrogens with two attached hydrogens (primary N) is 2. The van der Waals surface area contributed by atoms with Gasteiger partial charge in [-0.25, -0.2) is 0 Å². The molecule has 2 aromatic carbocycles. The highest BCUT2D eigenvalue weighted by molar-refractivity contribution is 6.10. The predicted molar refractivity (Wildman–Crippen MR) is 100 cm³/mol. The van der Waals surface area contributed by atoms with Crippen LogP contribution in [-0.4, -0.2) is 22.8 Å². The summed E-state index contributed by atoms with van der Waals surface area (Å²) in [5.41, 5.74) is 13.4. The number of anilines is 1. The van der Waals surface area contributed by atoms with E-state index in [-0.39, 0.29) is 24.3 Å². The van der Waals surface area contributed by atoms with Gasteiger partial charge in [-0.1, -0.05) is 18.2 Å². The van der Waals surface area contributed by atoms with Crippen LogP contribution in [0.3, 0.4) is 0 Å². The molecule has 2 aromatic rings. The molecular weight excluding hydrogens is 348 g/mol. The van der Waals surface area contributed by atoms with Crippen molar-refractivity contribution in [2.45, 2.75) is 26.3 Å². The van der Waals surface area contributed by atoms with Crippen molar-refractivity contribution in [3.8, 4) is 5.75 Å². The van der Waals surface area contributed by atoms with Gasteiger partial charge in [0.05, 0.1) is 5.56 Å². The first-order valence-electron chi connectivity index (χ1n) is 8.44. The van der Waals surface area contributed by atoms with Crippen LogP contribution < -0.4 is 16.2 Å². The Labute approximate surface area is 156 Å². The van der Waals surface area contributed by atoms with Gasteiger partial charge in [0.25, 0.3) is 0 Å². The number of hydrogen-bond acceptors (Lipinski definition) is 6. The van der Waals surface area contributed by atoms with E-state index in [0.717, 1.165) is 5.56 Å². The number of ether oxygens (including phenoxy) is 1. The molecule has 5 N–H and O–H groups in total. The molecule has 0 saturated carbocycles. The van der Waals surface area contributed by atoms with E-state index < -0.39 is 23.6 Å². The van der Waals surface area contributed by atoms with Crippen molar-refractivity contribution in [2.75, 3.05) is 5.73 Å². The first kappa shape index (κ1) is 20.1. The lowest BCUT2D eigenvalue weighted by molar-refractivity contribution is -0.140. The number of esters is 1. The van der Waals surface area contributed by atoms with Gasteiger partial charge in [-0.2, -0.15) is 0 Å². The van der Waals surface area contributed by atoms with Gasteiger partial charge in [-0.15, -0.1) is 0 Å². The smallest absolute Gasteiger partial charge is 0.314 e. The lowest BCUT2D eigenvalue weighted by atomic mass is 9.90. The first-order chi connectivity index (χ1) is 12.8. The standard InChI is InChI=1S/C20H22N2O5/c1-12(23)27-18-9-5-14(11-21)10-17(18)19(24)16(20(25)26)8-4-13-2-6-15(22)7-3-13/h2-3,5-7,9-10,16H,4,8,11,21-22H2,1H3,(H,25,26). The van der Waals surface area contributed by atoms with Gasteiger partial charge in [0.2, 0.25) is 0 Å². The third kappa shape index (κ3) is 5.39. The Kier molecular flexibility index (Phi) is 6.67. The molecular formula is C20H22N2O5. The topological polar surface area (TPSA) is 133 Å². The number of aryl methyl sites for hydroxylation is 1. The third-order valence-electron chi connectivity index (χ3n) is 4.11. The van der Waals surface area contributed by atoms with Crippen molar-refractivity contribution in [3.05, 3.63) is 59.2 Å². The van der Waals surface area contributed by atoms with Crippen molar-refractivity contribution < 1.29 is 24.2 Å². The molecule has 0 radical (unpaired) electrons. The number of Topliss-reactive ketones (excluding diaryl/α,β-unsaturated/α-hetero) is 1. The number of aliphatic carboxylic acids is 1. The van der Waals surface area contributed by atoms with E-state index in [4.69, 9.17) is 16.2 Å². The highest BCUT2D eigenvalue weighted by Gasteiger charge is 2.29. The zero-order valence-electron chi connectivity index (χ0n) is 15.0. The monoisotopic (exact) mass is 370 g/mol. The van der Waals surface area contributed by atoms with Crippen LogP contribution in [0.5, 0.6) is 5.75 Å². The minimum Gasteiger partial charge on any atom is -0.481 e. The van der Waals surface area contributed by atoms with E-state index in [0.29, 0.717) is 17.7 Å². The summed E-state index contributed by atoms with van der Waals surface area (Å²) in [5.74, 6) is -3.70. The first-order valence-corrected chi connectivity index (χ1v) is 8.44. The lowest BCUT2D eigenvalue weighted by Crippen LogP contribution is -2.25. The van der Waals surface area contributed by atoms with Gasteiger partial charge in [0.1, 0.15) is 11.7 Å². The summed E-state index contributed by atoms with van der Waals surface area (Å²) >= 11 is 0. The van der Waals surface area contributed by atoms with Crippen LogP contribution in [0, 0.1) is 5.92 Å². The van der Waals surface area contributed by atoms with E-state index in [1.807, 2.05) is 0 Å². The maximum atomic E-state index is 12.9. The Balaban J connectivity index is 2.28. The molecule has 0 saturated heterocycles. The average molecular weight is 370 g/mol. The minimum atomic E-state index is -1.27. The molecule has 0 heterocycles. The molecule has 0 fully saturated rings. The summed E-state index contributed by atoms with van der Waals surface area (Å²) in [5, 5.41) is 9.55. The summed E-state index contributed by atoms with van der Waals surface area (Å²) in [7, 11) is 0. The number of carboxylic acids is 1. The molecule has 27 heavy (non-hydrogen) atoms. The summed E-state index contributed by atoms with van der Waals surface area (Å²) < 4.78 is 5.06. The Bertz CT molecular complexity index is 846. The van der Waals surface area contributed by atoms with Crippen LogP contribution in [0.25, 0.3) is 0 Å². The Hall–Kier alpha value is -3.19. The molecule has 0 bridgehead atoms. The normalized spacial score (nSPS) is 11.6. The van der Waals surface area contributed by atoms with Crippen LogP contribution in [0.15, 0.2) is 42.5 Å². The van der Waals surface area contributed by atoms with E-state index in [2.05, 4.69) is 0 Å². The molecule has 1 atom stereocenters. The average Bonchev–Trinajstić information content (AvgIpc) is 2.62. The lowest BCUT2D eigenvalue weighted by Gasteiger charge is -2.15. The highest BCUT2D eigenvalue weighted by atomic mass is 16.5. The van der Waals surface area contributed by atoms with Crippen LogP contribution in [-0.2, 0) is 22.6 Å². The van der Waals surface area contributed by atoms with Crippen molar-refractivity contribution >= 4 is 23.4 Å². The Morgan fingerprint density at radius 3 is 2.26 bits per heavy atom. The van der Waals surface area contributed by atoms with Crippen molar-refractivity contribution in [1.29, 1.82) is 0 Å². The summed E-state index contributed by atoms with van der Waals surface area (Å²) in [6.07, 6.45) is 0.493. The molecule has 7 heteroatoms. The maximum Gasteiger partial charge on any atom is 0.314 e. The number of nitrogen functional groups attached to an aromatic ring is 1. The SMILES string of the molecule is CC(=O)Oc1ccc(CN)cc1C(=O)C(CCc1ccc(N)cc1)C(=O)O. The number of rotatable bonds is 8. The zero-order valence-corrected chi connectivity index (χ0v) is 15.0. The van der Waals surface area contributed by atoms with Crippen LogP contribution in [0.2, 0.25) is 0 Å². The second kappa shape index (κ2) is 8.95. The number of carbonyl (C=O) groups excluding carboxylic acids is 2. The molecule has 0 spiro atoms. The molecule has 0 aliphatic rings. The third-order valence-corrected chi connectivity index (χ3v) is 4.11. The largest absolute Gasteiger partial charge is 0.481 e. The van der Waals surface area contributed by atoms with Gasteiger partial charge >= 0.3 is 11.9 Å². The van der Waals surface area contributed by atoms with E-state index >= 15 is 0 Å². The molecule has 7 nitrogen and oxygen atoms in total. The number of benzene rings is 2. The molecule has 0 aliphatic heterocycles. The van der Waals surface area contributed by atoms with Gasteiger partial charge in [-0.05, 0) is 48.2 Å². The maximum absolute atomic E-state index is 12.9. The zero-order chi connectivity index (χ0) is 20.0. The van der Waals surface area contributed by atoms with Crippen LogP contribution >= 0.6 is 0 Å². The van der Waals surface area contributed by atoms with E-state index in [9.17, 15) is 19.5 Å². The fourth-order valence-corrected chi connectivity index (χ4v) is 2.69. The quantitative estimate of drug-likeness (QED) is 0.213. The van der Waals surface area contributed by atoms with Crippen LogP contribution in [0.4, 0.5) is 5.69 Å². The number of carboxylic acid groups (broad SMARTS) is 1. The van der Waals surface area contributed by atoms with Crippen molar-refractivity contribution in [3.63, 3.8) is 0 Å². The second-order valence-electron chi connectivity index (χ2n) is 6.16. The molecule has 142 valence electrons. The number of carbonyl (C=O) groups is 3. The number of hydrogen-bond donors (Lipinski definition) is 3. The minimum absolute atomic E-state index is 0.0310. The van der Waals surface area contributed by atoms with Gasteiger partial charge in [-0.3, -0.25) is 14.4 Å². The fourth-order valence-electron chi connectivity index (χ4n) is 2.69. The van der Waals surface area contributed by atoms with Crippen molar-refractivity contribution in [2.24, 2.45) is 11.7 Å². The van der Waals surface area contributed by atoms with Gasteiger partial charge in [0, 0.05) is 19.2 Å². The van der Waals surface area contributed by atoms with E-state index in [1.54, 1.807) is 30.3 Å². The van der Waals surface area contributed by atoms with Gasteiger partial charge in [0.15, 0.2) is 5.78 Å². The van der Waals surface area contributed by atoms with Gasteiger partial charge < -0.3 is 21.3 Å². The summed E-state index contributed by atoms with van der Waals surface area (Å²) in [6.45, 7) is 1.38. The molecule has 0 amide bonds. The predicted octanol–water partition coefficient (Wildman–Crippen LogP) is 2.17. The second-order valence-corrected chi connectivity index (χ2v) is 6.16.